The number of amides is 2. The summed E-state index contributed by atoms with van der Waals surface area (Å²) in [5.74, 6) is 0.149. The summed E-state index contributed by atoms with van der Waals surface area (Å²) < 4.78 is 25.3. The van der Waals surface area contributed by atoms with E-state index in [-0.39, 0.29) is 41.3 Å². The first-order chi connectivity index (χ1) is 18.0. The Kier molecular flexibility index (Phi) is 7.14. The summed E-state index contributed by atoms with van der Waals surface area (Å²) in [6.45, 7) is 3.70. The van der Waals surface area contributed by atoms with E-state index in [9.17, 15) is 14.0 Å². The van der Waals surface area contributed by atoms with Crippen LogP contribution in [0.1, 0.15) is 76.2 Å². The molecule has 3 aliphatic heterocycles. The van der Waals surface area contributed by atoms with Crippen LogP contribution in [0.4, 0.5) is 14.9 Å². The lowest BCUT2D eigenvalue weighted by Crippen LogP contribution is -2.51. The van der Waals surface area contributed by atoms with Gasteiger partial charge in [0.1, 0.15) is 11.9 Å². The van der Waals surface area contributed by atoms with Gasteiger partial charge in [-0.25, -0.2) is 9.18 Å². The average molecular weight is 514 g/mol. The molecule has 0 aromatic heterocycles. The number of rotatable bonds is 4. The molecule has 7 nitrogen and oxygen atoms in total. The summed E-state index contributed by atoms with van der Waals surface area (Å²) in [6, 6.07) is 5.54. The third-order valence-electron chi connectivity index (χ3n) is 9.65. The molecule has 2 saturated heterocycles. The number of nitrogens with zero attached hydrogens (tertiary/aromatic N) is 2. The lowest BCUT2D eigenvalue weighted by molar-refractivity contribution is -0.124. The van der Waals surface area contributed by atoms with E-state index in [1.165, 1.54) is 6.07 Å². The van der Waals surface area contributed by atoms with Gasteiger partial charge in [-0.1, -0.05) is 19.3 Å². The summed E-state index contributed by atoms with van der Waals surface area (Å²) in [5, 5.41) is 3.13. The largest absolute Gasteiger partial charge is 0.444 e. The van der Waals surface area contributed by atoms with Crippen molar-refractivity contribution >= 4 is 17.7 Å². The molecule has 4 fully saturated rings. The van der Waals surface area contributed by atoms with Crippen molar-refractivity contribution in [3.63, 3.8) is 0 Å². The molecule has 37 heavy (non-hydrogen) atoms. The molecule has 1 spiro atoms. The maximum Gasteiger partial charge on any atom is 0.407 e. The number of benzene rings is 1. The Labute approximate surface area is 219 Å². The van der Waals surface area contributed by atoms with Crippen molar-refractivity contribution in [3.8, 4) is 0 Å². The summed E-state index contributed by atoms with van der Waals surface area (Å²) in [5.41, 5.74) is 1.79. The Morgan fingerprint density at radius 1 is 1.05 bits per heavy atom. The Balaban J connectivity index is 1.10. The summed E-state index contributed by atoms with van der Waals surface area (Å²) in [4.78, 5) is 30.3. The third kappa shape index (κ3) is 5.11. The number of halogens is 1. The van der Waals surface area contributed by atoms with Crippen molar-refractivity contribution in [1.29, 1.82) is 0 Å². The quantitative estimate of drug-likeness (QED) is 0.600. The highest BCUT2D eigenvalue weighted by Gasteiger charge is 2.48. The van der Waals surface area contributed by atoms with Gasteiger partial charge in [0, 0.05) is 42.1 Å². The van der Waals surface area contributed by atoms with Gasteiger partial charge in [0.15, 0.2) is 0 Å². The van der Waals surface area contributed by atoms with Crippen LogP contribution in [0.25, 0.3) is 0 Å². The van der Waals surface area contributed by atoms with Crippen molar-refractivity contribution in [3.05, 3.63) is 29.6 Å². The van der Waals surface area contributed by atoms with Crippen molar-refractivity contribution in [2.45, 2.75) is 94.2 Å². The molecule has 1 N–H and O–H groups in total. The number of alkyl carbamates (subject to hydrolysis) is 1. The zero-order valence-corrected chi connectivity index (χ0v) is 21.8. The predicted molar refractivity (Wildman–Crippen MR) is 138 cm³/mol. The van der Waals surface area contributed by atoms with E-state index in [0.29, 0.717) is 25.8 Å². The van der Waals surface area contributed by atoms with Gasteiger partial charge >= 0.3 is 6.09 Å². The minimum atomic E-state index is -0.320. The Hall–Kier alpha value is -2.19. The highest BCUT2D eigenvalue weighted by Crippen LogP contribution is 2.49. The molecule has 8 heteroatoms. The van der Waals surface area contributed by atoms with E-state index < -0.39 is 0 Å². The lowest BCUT2D eigenvalue weighted by Gasteiger charge is -2.43. The minimum Gasteiger partial charge on any atom is -0.444 e. The zero-order chi connectivity index (χ0) is 25.4. The smallest absolute Gasteiger partial charge is 0.407 e. The molecule has 202 valence electrons. The number of nitrogens with one attached hydrogen (secondary N) is 1. The van der Waals surface area contributed by atoms with Crippen molar-refractivity contribution in [2.75, 3.05) is 37.7 Å². The SMILES string of the molecule is O=C(NC1CCCCC(N2CCC3(CC2)CN(C(=O)C2CCC2)c2ccc(F)cc23)C1)O[C@@H]1CCOC1. The summed E-state index contributed by atoms with van der Waals surface area (Å²) >= 11 is 0. The number of carbonyl (C=O) groups excluding carboxylic acids is 2. The van der Waals surface area contributed by atoms with E-state index in [1.807, 2.05) is 11.0 Å². The second-order valence-corrected chi connectivity index (χ2v) is 11.9. The standard InChI is InChI=1S/C29H40FN3O4/c30-21-8-9-26-25(16-21)29(19-33(26)27(34)20-4-3-5-20)11-13-32(14-12-29)23-7-2-1-6-22(17-23)31-28(35)37-24-10-15-36-18-24/h8-9,16,20,22-24H,1-7,10-15,17-19H2,(H,31,35)/t22?,23?,24-/m1/s1. The molecule has 6 rings (SSSR count). The van der Waals surface area contributed by atoms with Crippen LogP contribution in [0.2, 0.25) is 0 Å². The maximum atomic E-state index is 14.4. The van der Waals surface area contributed by atoms with E-state index >= 15 is 0 Å². The number of carbonyl (C=O) groups is 2. The number of hydrogen-bond donors (Lipinski definition) is 1. The normalized spacial score (nSPS) is 30.0. The van der Waals surface area contributed by atoms with E-state index in [4.69, 9.17) is 9.47 Å². The van der Waals surface area contributed by atoms with E-state index in [1.54, 1.807) is 6.07 Å². The Morgan fingerprint density at radius 2 is 1.86 bits per heavy atom. The predicted octanol–water partition coefficient (Wildman–Crippen LogP) is 4.52. The number of hydrogen-bond acceptors (Lipinski definition) is 5. The molecular weight excluding hydrogens is 473 g/mol. The van der Waals surface area contributed by atoms with Gasteiger partial charge < -0.3 is 24.6 Å². The van der Waals surface area contributed by atoms with Crippen molar-refractivity contribution < 1.29 is 23.5 Å². The molecule has 2 unspecified atom stereocenters. The molecule has 1 aromatic carbocycles. The molecule has 2 amide bonds. The van der Waals surface area contributed by atoms with Gasteiger partial charge in [-0.3, -0.25) is 4.79 Å². The molecule has 0 bridgehead atoms. The van der Waals surface area contributed by atoms with Crippen LogP contribution in [0.5, 0.6) is 0 Å². The van der Waals surface area contributed by atoms with Gasteiger partial charge in [-0.05, 0) is 81.8 Å². The van der Waals surface area contributed by atoms with Crippen LogP contribution < -0.4 is 10.2 Å². The third-order valence-corrected chi connectivity index (χ3v) is 9.65. The minimum absolute atomic E-state index is 0.120. The van der Waals surface area contributed by atoms with Crippen LogP contribution in [0.3, 0.4) is 0 Å². The summed E-state index contributed by atoms with van der Waals surface area (Å²) in [7, 11) is 0. The van der Waals surface area contributed by atoms with Crippen LogP contribution in [-0.2, 0) is 19.7 Å². The first-order valence-electron chi connectivity index (χ1n) is 14.4. The molecule has 5 aliphatic rings. The van der Waals surface area contributed by atoms with Crippen LogP contribution >= 0.6 is 0 Å². The molecule has 3 atom stereocenters. The first kappa shape index (κ1) is 25.1. The molecule has 2 saturated carbocycles. The van der Waals surface area contributed by atoms with Crippen LogP contribution in [-0.4, -0.2) is 67.9 Å². The number of ether oxygens (including phenoxy) is 2. The average Bonchev–Trinajstić information content (AvgIpc) is 3.39. The van der Waals surface area contributed by atoms with Crippen molar-refractivity contribution in [1.82, 2.24) is 10.2 Å². The number of anilines is 1. The highest BCUT2D eigenvalue weighted by molar-refractivity contribution is 5.98. The van der Waals surface area contributed by atoms with Crippen LogP contribution in [0.15, 0.2) is 18.2 Å². The second kappa shape index (κ2) is 10.5. The Bertz CT molecular complexity index is 1000. The number of piperidine rings is 1. The topological polar surface area (TPSA) is 71.1 Å². The number of fused-ring (bicyclic) bond motifs is 2. The van der Waals surface area contributed by atoms with Gasteiger partial charge in [-0.15, -0.1) is 0 Å². The van der Waals surface area contributed by atoms with E-state index in [0.717, 1.165) is 95.0 Å². The monoisotopic (exact) mass is 513 g/mol. The Morgan fingerprint density at radius 3 is 2.59 bits per heavy atom. The molecular formula is C29H40FN3O4. The fourth-order valence-corrected chi connectivity index (χ4v) is 7.21. The molecule has 1 aromatic rings. The van der Waals surface area contributed by atoms with Gasteiger partial charge in [0.2, 0.25) is 5.91 Å². The fraction of sp³-hybridized carbons (Fsp3) is 0.724. The zero-order valence-electron chi connectivity index (χ0n) is 21.8. The maximum absolute atomic E-state index is 14.4. The second-order valence-electron chi connectivity index (χ2n) is 11.9. The van der Waals surface area contributed by atoms with Crippen LogP contribution in [0, 0.1) is 11.7 Å². The fourth-order valence-electron chi connectivity index (χ4n) is 7.21. The van der Waals surface area contributed by atoms with Gasteiger partial charge in [0.05, 0.1) is 13.2 Å². The van der Waals surface area contributed by atoms with Gasteiger partial charge in [-0.2, -0.15) is 0 Å². The van der Waals surface area contributed by atoms with Crippen molar-refractivity contribution in [2.24, 2.45) is 5.92 Å². The lowest BCUT2D eigenvalue weighted by atomic mass is 9.73. The molecule has 2 aliphatic carbocycles. The molecule has 3 heterocycles. The van der Waals surface area contributed by atoms with Gasteiger partial charge in [0.25, 0.3) is 0 Å². The number of likely N-dealkylation sites (tertiary alicyclic amines) is 1. The summed E-state index contributed by atoms with van der Waals surface area (Å²) in [6.07, 6.45) is 10.6. The first-order valence-corrected chi connectivity index (χ1v) is 14.4. The highest BCUT2D eigenvalue weighted by atomic mass is 19.1. The molecule has 0 radical (unpaired) electrons. The van der Waals surface area contributed by atoms with E-state index in [2.05, 4.69) is 10.2 Å².